The van der Waals surface area contributed by atoms with Crippen molar-refractivity contribution in [1.82, 2.24) is 0 Å². The highest BCUT2D eigenvalue weighted by Gasteiger charge is 2.52. The Bertz CT molecular complexity index is 133. The van der Waals surface area contributed by atoms with Crippen molar-refractivity contribution in [1.29, 1.82) is 0 Å². The molecule has 1 heteroatoms. The predicted molar refractivity (Wildman–Crippen MR) is 35.0 cm³/mol. The van der Waals surface area contributed by atoms with E-state index in [1.54, 1.807) is 0 Å². The minimum atomic E-state index is -0.467. The summed E-state index contributed by atoms with van der Waals surface area (Å²) >= 11 is 0. The maximum atomic E-state index is 12.6. The van der Waals surface area contributed by atoms with Gasteiger partial charge in [-0.05, 0) is 37.0 Å². The molecule has 2 aliphatic carbocycles. The molecular formula is C8H13F. The molecule has 0 saturated heterocycles. The van der Waals surface area contributed by atoms with Crippen LogP contribution in [0.1, 0.15) is 32.6 Å². The highest BCUT2D eigenvalue weighted by molar-refractivity contribution is 5.02. The summed E-state index contributed by atoms with van der Waals surface area (Å²) < 4.78 is 12.6. The Hall–Kier alpha value is -0.0700. The zero-order valence-electron chi connectivity index (χ0n) is 5.86. The summed E-state index contributed by atoms with van der Waals surface area (Å²) in [7, 11) is 0. The van der Waals surface area contributed by atoms with Gasteiger partial charge in [-0.25, -0.2) is 4.39 Å². The molecular weight excluding hydrogens is 115 g/mol. The van der Waals surface area contributed by atoms with Crippen LogP contribution in [0.2, 0.25) is 0 Å². The molecule has 0 radical (unpaired) electrons. The second-order valence-electron chi connectivity index (χ2n) is 3.93. The standard InChI is InChI=1S/C8H13F/c1-8-3-2-7(9)4-6(8)5-8/h6-7H,2-5H2,1H3. The third-order valence-corrected chi connectivity index (χ3v) is 3.11. The molecule has 0 heterocycles. The summed E-state index contributed by atoms with van der Waals surface area (Å²) in [6.07, 6.45) is 3.65. The number of rotatable bonds is 0. The molecule has 0 bridgehead atoms. The molecule has 0 nitrogen and oxygen atoms in total. The second-order valence-corrected chi connectivity index (χ2v) is 3.93. The number of hydrogen-bond acceptors (Lipinski definition) is 0. The Morgan fingerprint density at radius 1 is 1.56 bits per heavy atom. The average Bonchev–Trinajstić information content (AvgIpc) is 2.41. The number of halogens is 1. The zero-order chi connectivity index (χ0) is 6.48. The molecule has 0 N–H and O–H groups in total. The third kappa shape index (κ3) is 0.778. The van der Waals surface area contributed by atoms with Gasteiger partial charge in [-0.1, -0.05) is 6.92 Å². The van der Waals surface area contributed by atoms with Crippen molar-refractivity contribution in [3.8, 4) is 0 Å². The van der Waals surface area contributed by atoms with Gasteiger partial charge >= 0.3 is 0 Å². The molecule has 2 aliphatic rings. The highest BCUT2D eigenvalue weighted by atomic mass is 19.1. The summed E-state index contributed by atoms with van der Waals surface area (Å²) in [6.45, 7) is 2.30. The van der Waals surface area contributed by atoms with Gasteiger partial charge in [-0.3, -0.25) is 0 Å². The van der Waals surface area contributed by atoms with Crippen molar-refractivity contribution in [3.05, 3.63) is 0 Å². The van der Waals surface area contributed by atoms with Gasteiger partial charge in [-0.2, -0.15) is 0 Å². The fourth-order valence-corrected chi connectivity index (χ4v) is 2.09. The van der Waals surface area contributed by atoms with Gasteiger partial charge in [0.1, 0.15) is 6.17 Å². The first-order valence-corrected chi connectivity index (χ1v) is 3.85. The average molecular weight is 128 g/mol. The van der Waals surface area contributed by atoms with E-state index in [4.69, 9.17) is 0 Å². The van der Waals surface area contributed by atoms with E-state index in [1.807, 2.05) is 0 Å². The van der Waals surface area contributed by atoms with Crippen LogP contribution in [0, 0.1) is 11.3 Å². The van der Waals surface area contributed by atoms with E-state index in [0.29, 0.717) is 5.41 Å². The summed E-state index contributed by atoms with van der Waals surface area (Å²) in [5, 5.41) is 0. The molecule has 2 rings (SSSR count). The lowest BCUT2D eigenvalue weighted by Gasteiger charge is -2.19. The molecule has 0 amide bonds. The molecule has 0 aliphatic heterocycles. The van der Waals surface area contributed by atoms with Gasteiger partial charge < -0.3 is 0 Å². The lowest BCUT2D eigenvalue weighted by molar-refractivity contribution is 0.209. The van der Waals surface area contributed by atoms with Crippen LogP contribution in [-0.2, 0) is 0 Å². The van der Waals surface area contributed by atoms with Crippen molar-refractivity contribution in [2.45, 2.75) is 38.8 Å². The minimum absolute atomic E-state index is 0.467. The third-order valence-electron chi connectivity index (χ3n) is 3.11. The van der Waals surface area contributed by atoms with Gasteiger partial charge in [0.15, 0.2) is 0 Å². The summed E-state index contributed by atoms with van der Waals surface area (Å²) in [6, 6.07) is 0. The van der Waals surface area contributed by atoms with Crippen LogP contribution >= 0.6 is 0 Å². The molecule has 0 spiro atoms. The van der Waals surface area contributed by atoms with Crippen molar-refractivity contribution >= 4 is 0 Å². The Labute approximate surface area is 55.4 Å². The smallest absolute Gasteiger partial charge is 0.100 e. The Kier molecular flexibility index (Phi) is 0.950. The van der Waals surface area contributed by atoms with Crippen LogP contribution < -0.4 is 0 Å². The topological polar surface area (TPSA) is 0 Å². The summed E-state index contributed by atoms with van der Waals surface area (Å²) in [5.41, 5.74) is 0.586. The quantitative estimate of drug-likeness (QED) is 0.470. The summed E-state index contributed by atoms with van der Waals surface area (Å²) in [4.78, 5) is 0. The number of alkyl halides is 1. The van der Waals surface area contributed by atoms with Crippen molar-refractivity contribution in [3.63, 3.8) is 0 Å². The van der Waals surface area contributed by atoms with Crippen molar-refractivity contribution < 1.29 is 4.39 Å². The van der Waals surface area contributed by atoms with E-state index in [9.17, 15) is 4.39 Å². The number of fused-ring (bicyclic) bond motifs is 1. The van der Waals surface area contributed by atoms with E-state index in [2.05, 4.69) is 6.92 Å². The molecule has 0 aromatic rings. The molecule has 3 unspecified atom stereocenters. The van der Waals surface area contributed by atoms with Gasteiger partial charge in [0, 0.05) is 0 Å². The van der Waals surface area contributed by atoms with E-state index in [0.717, 1.165) is 25.2 Å². The maximum absolute atomic E-state index is 12.6. The highest BCUT2D eigenvalue weighted by Crippen LogP contribution is 2.61. The van der Waals surface area contributed by atoms with E-state index in [1.165, 1.54) is 6.42 Å². The van der Waals surface area contributed by atoms with Gasteiger partial charge in [0.05, 0.1) is 0 Å². The van der Waals surface area contributed by atoms with Crippen LogP contribution in [-0.4, -0.2) is 6.17 Å². The minimum Gasteiger partial charge on any atom is -0.247 e. The second kappa shape index (κ2) is 1.50. The summed E-state index contributed by atoms with van der Waals surface area (Å²) in [5.74, 6) is 0.751. The molecule has 52 valence electrons. The molecule has 0 aromatic heterocycles. The molecule has 2 fully saturated rings. The van der Waals surface area contributed by atoms with Crippen LogP contribution in [0.25, 0.3) is 0 Å². The predicted octanol–water partition coefficient (Wildman–Crippen LogP) is 2.53. The van der Waals surface area contributed by atoms with Gasteiger partial charge in [0.2, 0.25) is 0 Å². The van der Waals surface area contributed by atoms with E-state index >= 15 is 0 Å². The fraction of sp³-hybridized carbons (Fsp3) is 1.00. The van der Waals surface area contributed by atoms with Crippen LogP contribution in [0.3, 0.4) is 0 Å². The van der Waals surface area contributed by atoms with Crippen molar-refractivity contribution in [2.24, 2.45) is 11.3 Å². The Balaban J connectivity index is 2.01. The zero-order valence-corrected chi connectivity index (χ0v) is 5.86. The first-order valence-electron chi connectivity index (χ1n) is 3.85. The lowest BCUT2D eigenvalue weighted by atomic mass is 9.89. The van der Waals surface area contributed by atoms with Gasteiger partial charge in [-0.15, -0.1) is 0 Å². The Morgan fingerprint density at radius 3 is 2.89 bits per heavy atom. The lowest BCUT2D eigenvalue weighted by Crippen LogP contribution is -2.13. The first-order chi connectivity index (χ1) is 4.21. The largest absolute Gasteiger partial charge is 0.247 e. The molecule has 9 heavy (non-hydrogen) atoms. The maximum Gasteiger partial charge on any atom is 0.100 e. The van der Waals surface area contributed by atoms with Crippen LogP contribution in [0.15, 0.2) is 0 Å². The molecule has 0 aromatic carbocycles. The normalized spacial score (nSPS) is 56.7. The van der Waals surface area contributed by atoms with Crippen LogP contribution in [0.4, 0.5) is 4.39 Å². The number of hydrogen-bond donors (Lipinski definition) is 0. The molecule has 2 saturated carbocycles. The first kappa shape index (κ1) is 5.70. The fourth-order valence-electron chi connectivity index (χ4n) is 2.09. The van der Waals surface area contributed by atoms with Crippen LogP contribution in [0.5, 0.6) is 0 Å². The molecule has 3 atom stereocenters. The van der Waals surface area contributed by atoms with Gasteiger partial charge in [0.25, 0.3) is 0 Å². The SMILES string of the molecule is CC12CCC(F)CC1C2. The Morgan fingerprint density at radius 2 is 2.33 bits per heavy atom. The van der Waals surface area contributed by atoms with E-state index in [-0.39, 0.29) is 0 Å². The monoisotopic (exact) mass is 128 g/mol. The van der Waals surface area contributed by atoms with E-state index < -0.39 is 6.17 Å². The van der Waals surface area contributed by atoms with Crippen molar-refractivity contribution in [2.75, 3.05) is 0 Å².